The lowest BCUT2D eigenvalue weighted by atomic mass is 9.87. The number of hydrogen-bond donors (Lipinski definition) is 2. The van der Waals surface area contributed by atoms with Gasteiger partial charge < -0.3 is 10.4 Å². The minimum Gasteiger partial charge on any atom is -0.393 e. The fraction of sp³-hybridized carbons (Fsp3) is 0.500. The van der Waals surface area contributed by atoms with Gasteiger partial charge >= 0.3 is 0 Å². The van der Waals surface area contributed by atoms with Crippen molar-refractivity contribution < 1.29 is 9.90 Å². The third-order valence-electron chi connectivity index (χ3n) is 3.55. The number of carbonyl (C=O) groups is 1. The summed E-state index contributed by atoms with van der Waals surface area (Å²) < 4.78 is 0.942. The van der Waals surface area contributed by atoms with Crippen LogP contribution in [0.1, 0.15) is 36.0 Å². The van der Waals surface area contributed by atoms with Gasteiger partial charge in [0.25, 0.3) is 5.91 Å². The zero-order valence-electron chi connectivity index (χ0n) is 10.5. The maximum atomic E-state index is 12.0. The van der Waals surface area contributed by atoms with Crippen LogP contribution in [0.4, 0.5) is 0 Å². The van der Waals surface area contributed by atoms with Crippen molar-refractivity contribution in [2.75, 3.05) is 6.54 Å². The summed E-state index contributed by atoms with van der Waals surface area (Å²) in [6.45, 7) is 0.676. The Kier molecular flexibility index (Phi) is 5.47. The van der Waals surface area contributed by atoms with Crippen molar-refractivity contribution >= 4 is 40.1 Å². The Morgan fingerprint density at radius 1 is 1.37 bits per heavy atom. The molecular weight excluding hydrogens is 377 g/mol. The van der Waals surface area contributed by atoms with Crippen LogP contribution in [0.3, 0.4) is 0 Å². The second-order valence-electron chi connectivity index (χ2n) is 5.01. The van der Waals surface area contributed by atoms with Crippen LogP contribution in [0.25, 0.3) is 0 Å². The topological polar surface area (TPSA) is 49.3 Å². The Labute approximate surface area is 131 Å². The first kappa shape index (κ1) is 15.1. The zero-order valence-corrected chi connectivity index (χ0v) is 13.4. The van der Waals surface area contributed by atoms with Gasteiger partial charge in [-0.3, -0.25) is 4.79 Å². The molecule has 0 heterocycles. The molecule has 19 heavy (non-hydrogen) atoms. The smallest absolute Gasteiger partial charge is 0.251 e. The highest BCUT2D eigenvalue weighted by atomic mass is 127. The van der Waals surface area contributed by atoms with Gasteiger partial charge in [0.05, 0.1) is 11.1 Å². The van der Waals surface area contributed by atoms with Crippen molar-refractivity contribution in [2.45, 2.75) is 31.8 Å². The number of hydrogen-bond acceptors (Lipinski definition) is 2. The molecule has 1 aromatic rings. The van der Waals surface area contributed by atoms with Crippen LogP contribution in [0.15, 0.2) is 18.2 Å². The molecule has 0 saturated heterocycles. The summed E-state index contributed by atoms with van der Waals surface area (Å²) in [5, 5.41) is 13.0. The predicted molar refractivity (Wildman–Crippen MR) is 84.5 cm³/mol. The Morgan fingerprint density at radius 2 is 2.05 bits per heavy atom. The van der Waals surface area contributed by atoms with Crippen molar-refractivity contribution in [2.24, 2.45) is 5.92 Å². The summed E-state index contributed by atoms with van der Waals surface area (Å²) in [5.41, 5.74) is 0.598. The molecule has 5 heteroatoms. The Bertz CT molecular complexity index is 459. The molecule has 3 nitrogen and oxygen atoms in total. The minimum atomic E-state index is -0.151. The largest absolute Gasteiger partial charge is 0.393 e. The molecule has 0 radical (unpaired) electrons. The van der Waals surface area contributed by atoms with Crippen molar-refractivity contribution in [3.63, 3.8) is 0 Å². The van der Waals surface area contributed by atoms with E-state index < -0.39 is 0 Å². The monoisotopic (exact) mass is 393 g/mol. The van der Waals surface area contributed by atoms with Crippen LogP contribution in [-0.4, -0.2) is 23.7 Å². The fourth-order valence-electron chi connectivity index (χ4n) is 2.33. The molecule has 1 fully saturated rings. The molecule has 0 aromatic heterocycles. The summed E-state index contributed by atoms with van der Waals surface area (Å²) in [7, 11) is 0. The van der Waals surface area contributed by atoms with E-state index in [0.717, 1.165) is 29.3 Å². The van der Waals surface area contributed by atoms with Crippen LogP contribution in [0.5, 0.6) is 0 Å². The average Bonchev–Trinajstić information content (AvgIpc) is 2.41. The highest BCUT2D eigenvalue weighted by molar-refractivity contribution is 14.1. The van der Waals surface area contributed by atoms with Gasteiger partial charge in [0.15, 0.2) is 0 Å². The molecule has 0 atom stereocenters. The maximum absolute atomic E-state index is 12.0. The number of carbonyl (C=O) groups excluding carboxylic acids is 1. The highest BCUT2D eigenvalue weighted by Crippen LogP contribution is 2.24. The van der Waals surface area contributed by atoms with E-state index >= 15 is 0 Å². The van der Waals surface area contributed by atoms with E-state index in [9.17, 15) is 9.90 Å². The van der Waals surface area contributed by atoms with Gasteiger partial charge in [0.1, 0.15) is 0 Å². The lowest BCUT2D eigenvalue weighted by Gasteiger charge is -2.25. The molecule has 2 rings (SSSR count). The number of rotatable bonds is 3. The number of aliphatic hydroxyl groups is 1. The van der Waals surface area contributed by atoms with Gasteiger partial charge in [-0.05, 0) is 72.4 Å². The van der Waals surface area contributed by atoms with Crippen LogP contribution < -0.4 is 5.32 Å². The summed E-state index contributed by atoms with van der Waals surface area (Å²) in [6, 6.07) is 5.33. The lowest BCUT2D eigenvalue weighted by Crippen LogP contribution is -2.32. The normalized spacial score (nSPS) is 23.1. The number of amides is 1. The molecule has 1 aromatic carbocycles. The fourth-order valence-corrected chi connectivity index (χ4v) is 2.84. The Balaban J connectivity index is 1.85. The molecule has 2 N–H and O–H groups in total. The minimum absolute atomic E-state index is 0.0792. The van der Waals surface area contributed by atoms with Crippen molar-refractivity contribution in [1.29, 1.82) is 0 Å². The van der Waals surface area contributed by atoms with Crippen molar-refractivity contribution in [3.05, 3.63) is 32.4 Å². The molecule has 1 aliphatic carbocycles. The van der Waals surface area contributed by atoms with E-state index in [1.165, 1.54) is 0 Å². The van der Waals surface area contributed by atoms with Gasteiger partial charge in [0.2, 0.25) is 0 Å². The SMILES string of the molecule is O=C(NCC1CCC(O)CC1)c1ccc(I)c(Cl)c1. The van der Waals surface area contributed by atoms with Crippen molar-refractivity contribution in [1.82, 2.24) is 5.32 Å². The average molecular weight is 394 g/mol. The molecule has 1 amide bonds. The van der Waals surface area contributed by atoms with Crippen LogP contribution >= 0.6 is 34.2 Å². The molecule has 104 valence electrons. The molecule has 0 bridgehead atoms. The zero-order chi connectivity index (χ0) is 13.8. The van der Waals surface area contributed by atoms with E-state index in [-0.39, 0.29) is 12.0 Å². The second kappa shape index (κ2) is 6.90. The first-order chi connectivity index (χ1) is 9.06. The lowest BCUT2D eigenvalue weighted by molar-refractivity contribution is 0.0910. The Hall–Kier alpha value is -0.330. The maximum Gasteiger partial charge on any atom is 0.251 e. The predicted octanol–water partition coefficient (Wildman–Crippen LogP) is 3.23. The number of benzene rings is 1. The third kappa shape index (κ3) is 4.33. The first-order valence-electron chi connectivity index (χ1n) is 6.47. The van der Waals surface area contributed by atoms with Crippen molar-refractivity contribution in [3.8, 4) is 0 Å². The molecule has 1 aliphatic rings. The van der Waals surface area contributed by atoms with Gasteiger partial charge in [-0.15, -0.1) is 0 Å². The van der Waals surface area contributed by atoms with E-state index in [0.29, 0.717) is 23.0 Å². The highest BCUT2D eigenvalue weighted by Gasteiger charge is 2.20. The van der Waals surface area contributed by atoms with E-state index in [4.69, 9.17) is 11.6 Å². The number of nitrogens with one attached hydrogen (secondary N) is 1. The summed E-state index contributed by atoms with van der Waals surface area (Å²) in [6.07, 6.45) is 3.50. The van der Waals surface area contributed by atoms with Gasteiger partial charge in [-0.2, -0.15) is 0 Å². The summed E-state index contributed by atoms with van der Waals surface area (Å²) in [5.74, 6) is 0.399. The third-order valence-corrected chi connectivity index (χ3v) is 5.12. The quantitative estimate of drug-likeness (QED) is 0.775. The molecular formula is C14H17ClINO2. The summed E-state index contributed by atoms with van der Waals surface area (Å²) >= 11 is 8.14. The molecule has 0 unspecified atom stereocenters. The molecule has 0 aliphatic heterocycles. The van der Waals surface area contributed by atoms with Gasteiger partial charge in [-0.1, -0.05) is 11.6 Å². The van der Waals surface area contributed by atoms with E-state index in [1.807, 2.05) is 6.07 Å². The standard InChI is InChI=1S/C14H17ClINO2/c15-12-7-10(3-6-13(12)16)14(19)17-8-9-1-4-11(18)5-2-9/h3,6-7,9,11,18H,1-2,4-5,8H2,(H,17,19). The van der Waals surface area contributed by atoms with E-state index in [1.54, 1.807) is 12.1 Å². The van der Waals surface area contributed by atoms with Crippen LogP contribution in [0, 0.1) is 9.49 Å². The van der Waals surface area contributed by atoms with Crippen LogP contribution in [-0.2, 0) is 0 Å². The number of aliphatic hydroxyl groups excluding tert-OH is 1. The number of halogens is 2. The molecule has 1 saturated carbocycles. The first-order valence-corrected chi connectivity index (χ1v) is 7.93. The Morgan fingerprint density at radius 3 is 2.68 bits per heavy atom. The van der Waals surface area contributed by atoms with Gasteiger partial charge in [0, 0.05) is 15.7 Å². The van der Waals surface area contributed by atoms with Crippen LogP contribution in [0.2, 0.25) is 5.02 Å². The summed E-state index contributed by atoms with van der Waals surface area (Å²) in [4.78, 5) is 12.0. The van der Waals surface area contributed by atoms with Gasteiger partial charge in [-0.25, -0.2) is 0 Å². The molecule has 0 spiro atoms. The van der Waals surface area contributed by atoms with E-state index in [2.05, 4.69) is 27.9 Å². The second-order valence-corrected chi connectivity index (χ2v) is 6.58.